The summed E-state index contributed by atoms with van der Waals surface area (Å²) in [6, 6.07) is 12.3. The molecule has 0 fully saturated rings. The summed E-state index contributed by atoms with van der Waals surface area (Å²) in [5, 5.41) is 4.07. The molecule has 1 atom stereocenters. The summed E-state index contributed by atoms with van der Waals surface area (Å²) in [7, 11) is -0.252. The van der Waals surface area contributed by atoms with E-state index < -0.39 is 7.59 Å². The largest absolute Gasteiger partial charge is 0.311 e. The Balaban J connectivity index is 2.00. The number of ketones is 1. The first-order chi connectivity index (χ1) is 12.5. The molecular weight excluding hydrogens is 491 g/mol. The molecule has 0 bridgehead atoms. The van der Waals surface area contributed by atoms with Crippen LogP contribution in [-0.4, -0.2) is 12.0 Å². The predicted molar refractivity (Wildman–Crippen MR) is 119 cm³/mol. The average Bonchev–Trinajstić information content (AvgIpc) is 2.89. The Morgan fingerprint density at radius 1 is 0.963 bits per heavy atom. The van der Waals surface area contributed by atoms with Gasteiger partial charge in [0.2, 0.25) is 12.6 Å². The highest BCUT2D eigenvalue weighted by molar-refractivity contribution is 8.00. The van der Waals surface area contributed by atoms with Crippen molar-refractivity contribution in [3.05, 3.63) is 70.3 Å². The van der Waals surface area contributed by atoms with E-state index in [0.29, 0.717) is 0 Å². The third-order valence-electron chi connectivity index (χ3n) is 3.94. The molecule has 2 aromatic carbocycles. The zero-order valence-corrected chi connectivity index (χ0v) is 19.1. The van der Waals surface area contributed by atoms with Crippen LogP contribution in [0.25, 0.3) is 0 Å². The fourth-order valence-corrected chi connectivity index (χ4v) is 4.76. The van der Waals surface area contributed by atoms with Crippen molar-refractivity contribution in [3.8, 4) is 0 Å². The number of allylic oxidation sites excluding steroid dienone is 1. The van der Waals surface area contributed by atoms with Crippen molar-refractivity contribution in [1.82, 2.24) is 0 Å². The van der Waals surface area contributed by atoms with Gasteiger partial charge in [0, 0.05) is 16.7 Å². The Morgan fingerprint density at radius 3 is 2.04 bits per heavy atom. The summed E-state index contributed by atoms with van der Waals surface area (Å²) in [6.07, 6.45) is 3.57. The number of alkyl halides is 6. The molecule has 0 radical (unpaired) electrons. The van der Waals surface area contributed by atoms with Crippen LogP contribution in [0.5, 0.6) is 0 Å². The molecule has 0 amide bonds. The minimum atomic E-state index is -1.76. The highest BCUT2D eigenvalue weighted by Gasteiger charge is 2.35. The van der Waals surface area contributed by atoms with Crippen LogP contribution in [0.3, 0.4) is 0 Å². The summed E-state index contributed by atoms with van der Waals surface area (Å²) >= 11 is 35.9. The first kappa shape index (κ1) is 21.4. The number of halogens is 6. The molecular formula is C18H12Cl6NOS+. The van der Waals surface area contributed by atoms with E-state index in [9.17, 15) is 4.79 Å². The van der Waals surface area contributed by atoms with E-state index in [1.165, 1.54) is 24.3 Å². The lowest BCUT2D eigenvalue weighted by molar-refractivity contribution is 0.104. The van der Waals surface area contributed by atoms with Crippen LogP contribution in [0.4, 0.5) is 5.69 Å². The van der Waals surface area contributed by atoms with Gasteiger partial charge in [0.15, 0.2) is 10.7 Å². The van der Waals surface area contributed by atoms with Gasteiger partial charge in [-0.05, 0) is 30.3 Å². The van der Waals surface area contributed by atoms with Crippen LogP contribution < -0.4 is 5.32 Å². The maximum absolute atomic E-state index is 12.9. The third-order valence-corrected chi connectivity index (χ3v) is 7.14. The number of anilines is 1. The summed E-state index contributed by atoms with van der Waals surface area (Å²) in [5.41, 5.74) is 1.74. The molecule has 9 heteroatoms. The monoisotopic (exact) mass is 500 g/mol. The van der Waals surface area contributed by atoms with Gasteiger partial charge in [0.1, 0.15) is 6.26 Å². The van der Waals surface area contributed by atoms with Gasteiger partial charge in [-0.1, -0.05) is 81.7 Å². The highest BCUT2D eigenvalue weighted by atomic mass is 35.6. The number of rotatable bonds is 2. The molecule has 1 heterocycles. The van der Waals surface area contributed by atoms with Crippen LogP contribution >= 0.6 is 69.6 Å². The normalized spacial score (nSPS) is 18.3. The number of hydrogen-bond acceptors (Lipinski definition) is 2. The lowest BCUT2D eigenvalue weighted by atomic mass is 10.0. The van der Waals surface area contributed by atoms with E-state index in [4.69, 9.17) is 69.6 Å². The molecule has 1 N–H and O–H groups in total. The predicted octanol–water partition coefficient (Wildman–Crippen LogP) is 7.10. The number of benzene rings is 2. The third kappa shape index (κ3) is 4.84. The van der Waals surface area contributed by atoms with Crippen molar-refractivity contribution in [1.29, 1.82) is 0 Å². The van der Waals surface area contributed by atoms with Gasteiger partial charge in [0.05, 0.1) is 22.7 Å². The lowest BCUT2D eigenvalue weighted by Crippen LogP contribution is -2.11. The van der Waals surface area contributed by atoms with E-state index in [-0.39, 0.29) is 33.4 Å². The SMILES string of the molecule is C[S+]1C(=CC(=O)c2cc(C(Cl)(Cl)Cl)cc(C(Cl)(Cl)Cl)c2)Nc2ccccc21. The van der Waals surface area contributed by atoms with E-state index >= 15 is 0 Å². The van der Waals surface area contributed by atoms with Crippen molar-refractivity contribution >= 4 is 92.0 Å². The average molecular weight is 503 g/mol. The second-order valence-corrected chi connectivity index (χ2v) is 12.3. The van der Waals surface area contributed by atoms with Gasteiger partial charge >= 0.3 is 0 Å². The van der Waals surface area contributed by atoms with Crippen molar-refractivity contribution < 1.29 is 4.79 Å². The van der Waals surface area contributed by atoms with Crippen molar-refractivity contribution in [2.45, 2.75) is 12.5 Å². The number of para-hydroxylation sites is 1. The fourth-order valence-electron chi connectivity index (χ4n) is 2.59. The first-order valence-electron chi connectivity index (χ1n) is 7.54. The minimum absolute atomic E-state index is 0.247. The standard InChI is InChI=1S/C18H11Cl6NOS/c1-27-15-5-3-2-4-13(15)25-16(27)9-14(26)10-6-11(17(19,20)21)8-12(7-10)18(22,23)24/h2-9H,1H3/p+1. The molecule has 1 aliphatic rings. The van der Waals surface area contributed by atoms with Crippen LogP contribution in [-0.2, 0) is 18.5 Å². The number of carbonyl (C=O) groups is 1. The van der Waals surface area contributed by atoms with E-state index in [1.54, 1.807) is 0 Å². The molecule has 1 unspecified atom stereocenters. The van der Waals surface area contributed by atoms with Crippen LogP contribution in [0, 0.1) is 0 Å². The Morgan fingerprint density at radius 2 is 1.52 bits per heavy atom. The first-order valence-corrected chi connectivity index (χ1v) is 11.4. The molecule has 0 saturated carbocycles. The Hall–Kier alpha value is -0.260. The molecule has 27 heavy (non-hydrogen) atoms. The molecule has 3 rings (SSSR count). The van der Waals surface area contributed by atoms with Crippen molar-refractivity contribution in [2.75, 3.05) is 11.6 Å². The Kier molecular flexibility index (Phi) is 6.25. The maximum Gasteiger partial charge on any atom is 0.234 e. The topological polar surface area (TPSA) is 29.1 Å². The molecule has 0 spiro atoms. The summed E-state index contributed by atoms with van der Waals surface area (Å²) < 4.78 is -3.52. The zero-order valence-electron chi connectivity index (χ0n) is 13.7. The Labute approximate surface area is 190 Å². The van der Waals surface area contributed by atoms with Gasteiger partial charge in [-0.25, -0.2) is 0 Å². The van der Waals surface area contributed by atoms with Crippen molar-refractivity contribution in [2.24, 2.45) is 0 Å². The molecule has 0 aromatic heterocycles. The molecule has 2 aromatic rings. The number of nitrogens with one attached hydrogen (secondary N) is 1. The van der Waals surface area contributed by atoms with E-state index in [0.717, 1.165) is 15.6 Å². The van der Waals surface area contributed by atoms with E-state index in [2.05, 4.69) is 5.32 Å². The molecule has 0 aliphatic carbocycles. The van der Waals surface area contributed by atoms with Crippen LogP contribution in [0.15, 0.2) is 58.5 Å². The second-order valence-electron chi connectivity index (χ2n) is 5.80. The summed E-state index contributed by atoms with van der Waals surface area (Å²) in [4.78, 5) is 14.0. The van der Waals surface area contributed by atoms with Gasteiger partial charge in [-0.2, -0.15) is 0 Å². The van der Waals surface area contributed by atoms with Crippen LogP contribution in [0.1, 0.15) is 21.5 Å². The Bertz CT molecular complexity index is 900. The van der Waals surface area contributed by atoms with E-state index in [1.807, 2.05) is 30.5 Å². The molecule has 0 saturated heterocycles. The minimum Gasteiger partial charge on any atom is -0.311 e. The van der Waals surface area contributed by atoms with Gasteiger partial charge < -0.3 is 5.32 Å². The second kappa shape index (κ2) is 7.87. The highest BCUT2D eigenvalue weighted by Crippen LogP contribution is 2.44. The number of hydrogen-bond donors (Lipinski definition) is 1. The van der Waals surface area contributed by atoms with Crippen molar-refractivity contribution in [3.63, 3.8) is 0 Å². The lowest BCUT2D eigenvalue weighted by Gasteiger charge is -2.18. The molecule has 2 nitrogen and oxygen atoms in total. The number of carbonyl (C=O) groups excluding carboxylic acids is 1. The van der Waals surface area contributed by atoms with Gasteiger partial charge in [-0.3, -0.25) is 4.79 Å². The number of fused-ring (bicyclic) bond motifs is 1. The van der Waals surface area contributed by atoms with Crippen LogP contribution in [0.2, 0.25) is 0 Å². The fraction of sp³-hybridized carbons (Fsp3) is 0.167. The van der Waals surface area contributed by atoms with Gasteiger partial charge in [-0.15, -0.1) is 0 Å². The summed E-state index contributed by atoms with van der Waals surface area (Å²) in [6.45, 7) is 0. The van der Waals surface area contributed by atoms with Gasteiger partial charge in [0.25, 0.3) is 0 Å². The molecule has 1 aliphatic heterocycles. The zero-order chi connectivity index (χ0) is 20.0. The summed E-state index contributed by atoms with van der Waals surface area (Å²) in [5.74, 6) is -0.281. The maximum atomic E-state index is 12.9. The smallest absolute Gasteiger partial charge is 0.234 e. The molecule has 142 valence electrons. The quantitative estimate of drug-likeness (QED) is 0.205.